The molecule has 0 N–H and O–H groups in total. The van der Waals surface area contributed by atoms with E-state index >= 15 is 0 Å². The summed E-state index contributed by atoms with van der Waals surface area (Å²) < 4.78 is -0.608. The van der Waals surface area contributed by atoms with Gasteiger partial charge in [0.2, 0.25) is 0 Å². The van der Waals surface area contributed by atoms with Gasteiger partial charge in [0, 0.05) is 18.7 Å². The maximum Gasteiger partial charge on any atom is 0.139 e. The zero-order chi connectivity index (χ0) is 10.5. The van der Waals surface area contributed by atoms with E-state index in [1.165, 1.54) is 29.7 Å². The maximum atomic E-state index is 6.27. The number of para-hydroxylation sites is 1. The predicted octanol–water partition coefficient (Wildman–Crippen LogP) is 3.17. The number of nitrogens with zero attached hydrogens (tertiary/aromatic N) is 1. The van der Waals surface area contributed by atoms with E-state index in [2.05, 4.69) is 23.1 Å². The molecule has 1 aromatic rings. The van der Waals surface area contributed by atoms with Crippen LogP contribution in [-0.2, 0) is 12.8 Å². The van der Waals surface area contributed by atoms with Crippen LogP contribution in [0.3, 0.4) is 0 Å². The highest BCUT2D eigenvalue weighted by molar-refractivity contribution is 6.49. The lowest BCUT2D eigenvalue weighted by atomic mass is 9.92. The van der Waals surface area contributed by atoms with Crippen LogP contribution >= 0.6 is 23.2 Å². The number of hydrogen-bond donors (Lipinski definition) is 0. The second-order valence-electron chi connectivity index (χ2n) is 4.48. The van der Waals surface area contributed by atoms with Crippen molar-refractivity contribution in [2.75, 3.05) is 18.0 Å². The summed E-state index contributed by atoms with van der Waals surface area (Å²) in [7, 11) is 0. The van der Waals surface area contributed by atoms with Gasteiger partial charge in [0.05, 0.1) is 6.54 Å². The summed E-state index contributed by atoms with van der Waals surface area (Å²) in [5.41, 5.74) is 4.17. The average molecular weight is 242 g/mol. The molecule has 15 heavy (non-hydrogen) atoms. The third kappa shape index (κ3) is 1.62. The second kappa shape index (κ2) is 3.29. The van der Waals surface area contributed by atoms with Crippen molar-refractivity contribution in [1.29, 1.82) is 0 Å². The highest BCUT2D eigenvalue weighted by Crippen LogP contribution is 2.41. The fourth-order valence-corrected chi connectivity index (χ4v) is 3.32. The molecule has 0 atom stereocenters. The lowest BCUT2D eigenvalue weighted by molar-refractivity contribution is 0.612. The Kier molecular flexibility index (Phi) is 2.15. The van der Waals surface area contributed by atoms with Crippen molar-refractivity contribution >= 4 is 28.9 Å². The topological polar surface area (TPSA) is 3.24 Å². The van der Waals surface area contributed by atoms with Crippen molar-refractivity contribution in [3.05, 3.63) is 29.3 Å². The summed E-state index contributed by atoms with van der Waals surface area (Å²) in [4.78, 5) is 2.34. The summed E-state index contributed by atoms with van der Waals surface area (Å²) in [5.74, 6) is 0. The van der Waals surface area contributed by atoms with Gasteiger partial charge in [-0.05, 0) is 24.0 Å². The Morgan fingerprint density at radius 1 is 1.20 bits per heavy atom. The van der Waals surface area contributed by atoms with E-state index in [4.69, 9.17) is 23.2 Å². The number of benzene rings is 1. The molecule has 3 rings (SSSR count). The SMILES string of the molecule is ClC1(Cl)Cc2cccc3c2N(CCC3)C1. The van der Waals surface area contributed by atoms with E-state index in [9.17, 15) is 0 Å². The Bertz CT molecular complexity index is 401. The summed E-state index contributed by atoms with van der Waals surface area (Å²) in [6, 6.07) is 6.49. The molecule has 2 aliphatic rings. The van der Waals surface area contributed by atoms with E-state index in [1.54, 1.807) is 0 Å². The van der Waals surface area contributed by atoms with Crippen LogP contribution in [0.4, 0.5) is 5.69 Å². The predicted molar refractivity (Wildman–Crippen MR) is 65.1 cm³/mol. The summed E-state index contributed by atoms with van der Waals surface area (Å²) >= 11 is 12.5. The standard InChI is InChI=1S/C12H13Cl2N/c13-12(14)7-10-4-1-3-9-5-2-6-15(8-12)11(9)10/h1,3-4H,2,5-8H2. The summed E-state index contributed by atoms with van der Waals surface area (Å²) in [6.07, 6.45) is 3.17. The normalized spacial score (nSPS) is 22.4. The van der Waals surface area contributed by atoms with Gasteiger partial charge in [0.15, 0.2) is 0 Å². The van der Waals surface area contributed by atoms with Crippen molar-refractivity contribution in [2.45, 2.75) is 23.6 Å². The highest BCUT2D eigenvalue weighted by atomic mass is 35.5. The van der Waals surface area contributed by atoms with Gasteiger partial charge in [-0.25, -0.2) is 0 Å². The number of alkyl halides is 2. The smallest absolute Gasteiger partial charge is 0.139 e. The molecule has 0 radical (unpaired) electrons. The molecule has 80 valence electrons. The van der Waals surface area contributed by atoms with Gasteiger partial charge in [0.25, 0.3) is 0 Å². The largest absolute Gasteiger partial charge is 0.368 e. The Morgan fingerprint density at radius 2 is 2.00 bits per heavy atom. The molecule has 1 nitrogen and oxygen atoms in total. The van der Waals surface area contributed by atoms with Crippen molar-refractivity contribution in [1.82, 2.24) is 0 Å². The number of hydrogen-bond acceptors (Lipinski definition) is 1. The maximum absolute atomic E-state index is 6.27. The second-order valence-corrected chi connectivity index (χ2v) is 6.12. The van der Waals surface area contributed by atoms with Crippen molar-refractivity contribution in [3.63, 3.8) is 0 Å². The zero-order valence-corrected chi connectivity index (χ0v) is 9.98. The molecule has 1 aromatic carbocycles. The van der Waals surface area contributed by atoms with Crippen LogP contribution in [0, 0.1) is 0 Å². The van der Waals surface area contributed by atoms with Crippen LogP contribution in [0.15, 0.2) is 18.2 Å². The molecule has 2 aliphatic heterocycles. The highest BCUT2D eigenvalue weighted by Gasteiger charge is 2.36. The van der Waals surface area contributed by atoms with Crippen molar-refractivity contribution in [3.8, 4) is 0 Å². The number of halogens is 2. The first-order valence-corrected chi connectivity index (χ1v) is 6.15. The van der Waals surface area contributed by atoms with Gasteiger partial charge in [-0.15, -0.1) is 0 Å². The molecule has 0 fully saturated rings. The molecule has 2 heterocycles. The van der Waals surface area contributed by atoms with Crippen LogP contribution < -0.4 is 4.90 Å². The number of aryl methyl sites for hydroxylation is 1. The van der Waals surface area contributed by atoms with Gasteiger partial charge in [-0.2, -0.15) is 0 Å². The van der Waals surface area contributed by atoms with Crippen LogP contribution in [0.5, 0.6) is 0 Å². The first-order chi connectivity index (χ1) is 7.16. The Morgan fingerprint density at radius 3 is 2.87 bits per heavy atom. The van der Waals surface area contributed by atoms with Gasteiger partial charge < -0.3 is 4.90 Å². The summed E-state index contributed by atoms with van der Waals surface area (Å²) in [5, 5.41) is 0. The molecule has 0 bridgehead atoms. The van der Waals surface area contributed by atoms with Crippen LogP contribution in [0.25, 0.3) is 0 Å². The third-order valence-corrected chi connectivity index (χ3v) is 3.77. The zero-order valence-electron chi connectivity index (χ0n) is 8.47. The van der Waals surface area contributed by atoms with Gasteiger partial charge in [-0.3, -0.25) is 0 Å². The van der Waals surface area contributed by atoms with E-state index in [0.717, 1.165) is 19.5 Å². The minimum atomic E-state index is -0.608. The molecule has 0 amide bonds. The molecule has 0 saturated heterocycles. The molecule has 0 spiro atoms. The van der Waals surface area contributed by atoms with Crippen molar-refractivity contribution in [2.24, 2.45) is 0 Å². The van der Waals surface area contributed by atoms with Crippen LogP contribution in [-0.4, -0.2) is 17.4 Å². The molecular weight excluding hydrogens is 229 g/mol. The van der Waals surface area contributed by atoms with E-state index < -0.39 is 4.33 Å². The Labute approximate surface area is 100.0 Å². The summed E-state index contributed by atoms with van der Waals surface area (Å²) in [6.45, 7) is 1.85. The molecule has 0 aromatic heterocycles. The third-order valence-electron chi connectivity index (χ3n) is 3.26. The molecule has 0 aliphatic carbocycles. The van der Waals surface area contributed by atoms with E-state index in [1.807, 2.05) is 0 Å². The molecular formula is C12H13Cl2N. The fraction of sp³-hybridized carbons (Fsp3) is 0.500. The first kappa shape index (κ1) is 9.80. The van der Waals surface area contributed by atoms with Crippen LogP contribution in [0.2, 0.25) is 0 Å². The van der Waals surface area contributed by atoms with Gasteiger partial charge in [-0.1, -0.05) is 41.4 Å². The quantitative estimate of drug-likeness (QED) is 0.631. The average Bonchev–Trinajstić information content (AvgIpc) is 2.16. The monoisotopic (exact) mass is 241 g/mol. The molecule has 0 unspecified atom stereocenters. The van der Waals surface area contributed by atoms with Crippen LogP contribution in [0.1, 0.15) is 17.5 Å². The number of anilines is 1. The minimum Gasteiger partial charge on any atom is -0.368 e. The Hall–Kier alpha value is -0.400. The van der Waals surface area contributed by atoms with Crippen molar-refractivity contribution < 1.29 is 0 Å². The fourth-order valence-electron chi connectivity index (χ4n) is 2.74. The van der Waals surface area contributed by atoms with E-state index in [0.29, 0.717) is 0 Å². The first-order valence-electron chi connectivity index (χ1n) is 5.39. The van der Waals surface area contributed by atoms with E-state index in [-0.39, 0.29) is 0 Å². The number of rotatable bonds is 0. The molecule has 0 saturated carbocycles. The molecule has 3 heteroatoms. The van der Waals surface area contributed by atoms with Gasteiger partial charge in [0.1, 0.15) is 4.33 Å². The minimum absolute atomic E-state index is 0.608. The van der Waals surface area contributed by atoms with Gasteiger partial charge >= 0.3 is 0 Å². The lowest BCUT2D eigenvalue weighted by Crippen LogP contribution is -2.44. The Balaban J connectivity index is 2.14. The lowest BCUT2D eigenvalue weighted by Gasteiger charge is -2.41.